The zero-order valence-electron chi connectivity index (χ0n) is 8.46. The van der Waals surface area contributed by atoms with Crippen molar-refractivity contribution in [1.29, 1.82) is 0 Å². The van der Waals surface area contributed by atoms with E-state index in [1.807, 2.05) is 25.1 Å². The van der Waals surface area contributed by atoms with E-state index >= 15 is 0 Å². The minimum Gasteiger partial charge on any atom is -0.396 e. The Balaban J connectivity index is 2.33. The van der Waals surface area contributed by atoms with Gasteiger partial charge in [0, 0.05) is 6.61 Å². The van der Waals surface area contributed by atoms with Crippen LogP contribution >= 0.6 is 0 Å². The van der Waals surface area contributed by atoms with Gasteiger partial charge in [0.1, 0.15) is 6.33 Å². The maximum atomic E-state index is 8.86. The molecule has 2 rings (SSSR count). The standard InChI is InChI=1S/C10H12N4O/c1-8-6-10(14-7-11-12-13-14)3-2-9(8)4-5-15/h2-3,6-7,15H,4-5H2,1H3. The smallest absolute Gasteiger partial charge is 0.143 e. The zero-order chi connectivity index (χ0) is 10.7. The molecule has 0 bridgehead atoms. The van der Waals surface area contributed by atoms with Crippen molar-refractivity contribution in [1.82, 2.24) is 20.2 Å². The number of aliphatic hydroxyl groups is 1. The van der Waals surface area contributed by atoms with Crippen LogP contribution in [0.25, 0.3) is 5.69 Å². The van der Waals surface area contributed by atoms with Crippen LogP contribution in [0.15, 0.2) is 24.5 Å². The van der Waals surface area contributed by atoms with Crippen molar-refractivity contribution in [3.05, 3.63) is 35.7 Å². The van der Waals surface area contributed by atoms with E-state index < -0.39 is 0 Å². The molecule has 0 aliphatic heterocycles. The molecule has 2 aromatic rings. The fraction of sp³-hybridized carbons (Fsp3) is 0.300. The Kier molecular flexibility index (Phi) is 2.73. The summed E-state index contributed by atoms with van der Waals surface area (Å²) in [6.07, 6.45) is 2.24. The van der Waals surface area contributed by atoms with E-state index in [1.165, 1.54) is 0 Å². The summed E-state index contributed by atoms with van der Waals surface area (Å²) in [6, 6.07) is 5.93. The monoisotopic (exact) mass is 204 g/mol. The highest BCUT2D eigenvalue weighted by Gasteiger charge is 2.02. The van der Waals surface area contributed by atoms with E-state index in [0.29, 0.717) is 6.42 Å². The first kappa shape index (κ1) is 9.79. The van der Waals surface area contributed by atoms with Crippen LogP contribution in [0.5, 0.6) is 0 Å². The third-order valence-electron chi connectivity index (χ3n) is 2.32. The number of aryl methyl sites for hydroxylation is 1. The molecule has 0 aliphatic rings. The first-order valence-corrected chi connectivity index (χ1v) is 4.75. The summed E-state index contributed by atoms with van der Waals surface area (Å²) in [7, 11) is 0. The molecule has 1 N–H and O–H groups in total. The van der Waals surface area contributed by atoms with Crippen LogP contribution in [0, 0.1) is 6.92 Å². The fourth-order valence-electron chi connectivity index (χ4n) is 1.50. The maximum absolute atomic E-state index is 8.86. The van der Waals surface area contributed by atoms with Gasteiger partial charge in [-0.25, -0.2) is 4.68 Å². The molecule has 15 heavy (non-hydrogen) atoms. The van der Waals surface area contributed by atoms with Crippen molar-refractivity contribution >= 4 is 0 Å². The third-order valence-corrected chi connectivity index (χ3v) is 2.32. The molecule has 1 aromatic carbocycles. The van der Waals surface area contributed by atoms with E-state index in [9.17, 15) is 0 Å². The van der Waals surface area contributed by atoms with E-state index in [0.717, 1.165) is 16.8 Å². The van der Waals surface area contributed by atoms with Gasteiger partial charge in [0.05, 0.1) is 5.69 Å². The van der Waals surface area contributed by atoms with Gasteiger partial charge in [0.15, 0.2) is 0 Å². The van der Waals surface area contributed by atoms with Crippen LogP contribution in [0.3, 0.4) is 0 Å². The first-order valence-electron chi connectivity index (χ1n) is 4.75. The number of aromatic nitrogens is 4. The van der Waals surface area contributed by atoms with Crippen molar-refractivity contribution in [2.45, 2.75) is 13.3 Å². The van der Waals surface area contributed by atoms with Gasteiger partial charge in [-0.2, -0.15) is 0 Å². The molecule has 0 spiro atoms. The second-order valence-electron chi connectivity index (χ2n) is 3.34. The van der Waals surface area contributed by atoms with Crippen molar-refractivity contribution in [2.75, 3.05) is 6.61 Å². The van der Waals surface area contributed by atoms with E-state index in [4.69, 9.17) is 5.11 Å². The molecule has 78 valence electrons. The van der Waals surface area contributed by atoms with Crippen molar-refractivity contribution in [2.24, 2.45) is 0 Å². The summed E-state index contributed by atoms with van der Waals surface area (Å²) in [6.45, 7) is 2.18. The molecule has 0 fully saturated rings. The molecule has 5 nitrogen and oxygen atoms in total. The van der Waals surface area contributed by atoms with Crippen LogP contribution in [0.2, 0.25) is 0 Å². The number of aliphatic hydroxyl groups excluding tert-OH is 1. The molecule has 0 saturated heterocycles. The summed E-state index contributed by atoms with van der Waals surface area (Å²) in [5.74, 6) is 0. The summed E-state index contributed by atoms with van der Waals surface area (Å²) in [5.41, 5.74) is 3.21. The molecule has 0 saturated carbocycles. The molecule has 0 amide bonds. The average molecular weight is 204 g/mol. The number of nitrogens with zero attached hydrogens (tertiary/aromatic N) is 4. The molecule has 0 aliphatic carbocycles. The van der Waals surface area contributed by atoms with Crippen molar-refractivity contribution < 1.29 is 5.11 Å². The van der Waals surface area contributed by atoms with Crippen LogP contribution in [0.4, 0.5) is 0 Å². The second kappa shape index (κ2) is 4.18. The van der Waals surface area contributed by atoms with Crippen molar-refractivity contribution in [3.8, 4) is 5.69 Å². The molecule has 5 heteroatoms. The first-order chi connectivity index (χ1) is 7.31. The number of hydrogen-bond donors (Lipinski definition) is 1. The van der Waals surface area contributed by atoms with Crippen LogP contribution < -0.4 is 0 Å². The van der Waals surface area contributed by atoms with Gasteiger partial charge >= 0.3 is 0 Å². The van der Waals surface area contributed by atoms with Crippen molar-refractivity contribution in [3.63, 3.8) is 0 Å². The van der Waals surface area contributed by atoms with E-state index in [-0.39, 0.29) is 6.61 Å². The number of hydrogen-bond acceptors (Lipinski definition) is 4. The quantitative estimate of drug-likeness (QED) is 0.791. The third kappa shape index (κ3) is 2.02. The van der Waals surface area contributed by atoms with Gasteiger partial charge in [-0.05, 0) is 47.0 Å². The predicted octanol–water partition coefficient (Wildman–Crippen LogP) is 0.506. The average Bonchev–Trinajstić information content (AvgIpc) is 2.74. The van der Waals surface area contributed by atoms with Gasteiger partial charge in [0.2, 0.25) is 0 Å². The lowest BCUT2D eigenvalue weighted by Gasteiger charge is -2.06. The molecular weight excluding hydrogens is 192 g/mol. The SMILES string of the molecule is Cc1cc(-n2cnnn2)ccc1CCO. The predicted molar refractivity (Wildman–Crippen MR) is 54.7 cm³/mol. The Hall–Kier alpha value is -1.75. The minimum absolute atomic E-state index is 0.172. The summed E-state index contributed by atoms with van der Waals surface area (Å²) in [5, 5.41) is 19.8. The Morgan fingerprint density at radius 3 is 2.87 bits per heavy atom. The topological polar surface area (TPSA) is 63.8 Å². The molecule has 1 heterocycles. The van der Waals surface area contributed by atoms with Gasteiger partial charge in [-0.1, -0.05) is 6.07 Å². The Bertz CT molecular complexity index is 439. The minimum atomic E-state index is 0.172. The Labute approximate surface area is 87.4 Å². The molecule has 0 radical (unpaired) electrons. The highest BCUT2D eigenvalue weighted by Crippen LogP contribution is 2.13. The Morgan fingerprint density at radius 1 is 1.40 bits per heavy atom. The summed E-state index contributed by atoms with van der Waals surface area (Å²) in [4.78, 5) is 0. The Morgan fingerprint density at radius 2 is 2.27 bits per heavy atom. The molecule has 0 atom stereocenters. The summed E-state index contributed by atoms with van der Waals surface area (Å²) >= 11 is 0. The molecule has 0 unspecified atom stereocenters. The lowest BCUT2D eigenvalue weighted by molar-refractivity contribution is 0.299. The normalized spacial score (nSPS) is 10.5. The van der Waals surface area contributed by atoms with E-state index in [1.54, 1.807) is 11.0 Å². The van der Waals surface area contributed by atoms with Gasteiger partial charge < -0.3 is 5.11 Å². The lowest BCUT2D eigenvalue weighted by Crippen LogP contribution is -1.99. The highest BCUT2D eigenvalue weighted by molar-refractivity contribution is 5.39. The summed E-state index contributed by atoms with van der Waals surface area (Å²) < 4.78 is 1.61. The van der Waals surface area contributed by atoms with Gasteiger partial charge in [-0.3, -0.25) is 0 Å². The largest absolute Gasteiger partial charge is 0.396 e. The maximum Gasteiger partial charge on any atom is 0.143 e. The lowest BCUT2D eigenvalue weighted by atomic mass is 10.1. The fourth-order valence-corrected chi connectivity index (χ4v) is 1.50. The molecular formula is C10H12N4O. The van der Waals surface area contributed by atoms with Crippen LogP contribution in [-0.2, 0) is 6.42 Å². The number of rotatable bonds is 3. The molecule has 1 aromatic heterocycles. The van der Waals surface area contributed by atoms with Gasteiger partial charge in [-0.15, -0.1) is 5.10 Å². The zero-order valence-corrected chi connectivity index (χ0v) is 8.46. The second-order valence-corrected chi connectivity index (χ2v) is 3.34. The van der Waals surface area contributed by atoms with Gasteiger partial charge in [0.25, 0.3) is 0 Å². The highest BCUT2D eigenvalue weighted by atomic mass is 16.2. The van der Waals surface area contributed by atoms with Crippen LogP contribution in [0.1, 0.15) is 11.1 Å². The number of tetrazole rings is 1. The van der Waals surface area contributed by atoms with Crippen LogP contribution in [-0.4, -0.2) is 31.9 Å². The van der Waals surface area contributed by atoms with E-state index in [2.05, 4.69) is 15.5 Å². The number of benzene rings is 1.